The molecule has 0 aliphatic carbocycles. The summed E-state index contributed by atoms with van der Waals surface area (Å²) in [4.78, 5) is 1.25. The second-order valence-corrected chi connectivity index (χ2v) is 4.04. The van der Waals surface area contributed by atoms with Gasteiger partial charge in [-0.3, -0.25) is 0 Å². The molecule has 0 saturated heterocycles. The largest absolute Gasteiger partial charge is 0.508 e. The molecule has 1 N–H and O–H groups in total. The third kappa shape index (κ3) is 2.52. The van der Waals surface area contributed by atoms with Crippen LogP contribution in [0.4, 0.5) is 0 Å². The number of hydrogen-bond acceptors (Lipinski definition) is 2. The number of hydrogen-bond donors (Lipinski definition) is 1. The first-order valence-electron chi connectivity index (χ1n) is 4.19. The van der Waals surface area contributed by atoms with Gasteiger partial charge in [-0.25, -0.2) is 0 Å². The van der Waals surface area contributed by atoms with E-state index in [0.717, 1.165) is 16.9 Å². The van der Waals surface area contributed by atoms with Crippen molar-refractivity contribution in [1.29, 1.82) is 0 Å². The second-order valence-electron chi connectivity index (χ2n) is 3.01. The standard InChI is InChI=1S/C11H14OS/c1-4-5-13-11-8(2)6-10(12)7-9(11)3/h4,6-7,12H,1,5H2,2-3H3. The summed E-state index contributed by atoms with van der Waals surface area (Å²) in [7, 11) is 0. The van der Waals surface area contributed by atoms with Crippen LogP contribution in [0.15, 0.2) is 29.7 Å². The highest BCUT2D eigenvalue weighted by atomic mass is 32.2. The predicted molar refractivity (Wildman–Crippen MR) is 58.5 cm³/mol. The van der Waals surface area contributed by atoms with Gasteiger partial charge in [-0.2, -0.15) is 0 Å². The van der Waals surface area contributed by atoms with Crippen molar-refractivity contribution in [3.63, 3.8) is 0 Å². The number of phenolic OH excluding ortho intramolecular Hbond substituents is 1. The Morgan fingerprint density at radius 1 is 1.38 bits per heavy atom. The van der Waals surface area contributed by atoms with E-state index in [9.17, 15) is 5.11 Å². The number of thioether (sulfide) groups is 1. The molecular formula is C11H14OS. The van der Waals surface area contributed by atoms with Crippen LogP contribution in [-0.4, -0.2) is 10.9 Å². The molecule has 0 radical (unpaired) electrons. The van der Waals surface area contributed by atoms with Crippen molar-refractivity contribution < 1.29 is 5.11 Å². The minimum atomic E-state index is 0.345. The number of rotatable bonds is 3. The fraction of sp³-hybridized carbons (Fsp3) is 0.273. The molecule has 70 valence electrons. The molecule has 13 heavy (non-hydrogen) atoms. The molecule has 0 amide bonds. The first-order valence-corrected chi connectivity index (χ1v) is 5.17. The topological polar surface area (TPSA) is 20.2 Å². The summed E-state index contributed by atoms with van der Waals surface area (Å²) in [6.07, 6.45) is 1.89. The van der Waals surface area contributed by atoms with Gasteiger partial charge >= 0.3 is 0 Å². The van der Waals surface area contributed by atoms with Crippen molar-refractivity contribution in [1.82, 2.24) is 0 Å². The Kier molecular flexibility index (Phi) is 3.43. The summed E-state index contributed by atoms with van der Waals surface area (Å²) in [5, 5.41) is 9.31. The molecular weight excluding hydrogens is 180 g/mol. The van der Waals surface area contributed by atoms with Crippen molar-refractivity contribution in [3.8, 4) is 5.75 Å². The molecule has 0 aromatic heterocycles. The average molecular weight is 194 g/mol. The molecule has 0 unspecified atom stereocenters. The minimum Gasteiger partial charge on any atom is -0.508 e. The lowest BCUT2D eigenvalue weighted by atomic mass is 10.1. The third-order valence-electron chi connectivity index (χ3n) is 1.79. The SMILES string of the molecule is C=CCSc1c(C)cc(O)cc1C. The van der Waals surface area contributed by atoms with E-state index in [1.54, 1.807) is 23.9 Å². The minimum absolute atomic E-state index is 0.345. The molecule has 1 aromatic rings. The van der Waals surface area contributed by atoms with Gasteiger partial charge in [0.2, 0.25) is 0 Å². The van der Waals surface area contributed by atoms with E-state index in [1.807, 2.05) is 19.9 Å². The zero-order valence-electron chi connectivity index (χ0n) is 8.00. The van der Waals surface area contributed by atoms with Gasteiger partial charge in [0, 0.05) is 10.6 Å². The zero-order chi connectivity index (χ0) is 9.84. The quantitative estimate of drug-likeness (QED) is 0.588. The maximum atomic E-state index is 9.31. The van der Waals surface area contributed by atoms with Gasteiger partial charge in [0.05, 0.1) is 0 Å². The molecule has 0 saturated carbocycles. The van der Waals surface area contributed by atoms with Crippen molar-refractivity contribution in [2.75, 3.05) is 5.75 Å². The zero-order valence-corrected chi connectivity index (χ0v) is 8.82. The van der Waals surface area contributed by atoms with Crippen LogP contribution in [0.25, 0.3) is 0 Å². The molecule has 0 fully saturated rings. The summed E-state index contributed by atoms with van der Waals surface area (Å²) in [5.41, 5.74) is 2.26. The summed E-state index contributed by atoms with van der Waals surface area (Å²) >= 11 is 1.75. The molecule has 0 aliphatic rings. The molecule has 0 bridgehead atoms. The van der Waals surface area contributed by atoms with Crippen LogP contribution < -0.4 is 0 Å². The molecule has 0 aliphatic heterocycles. The highest BCUT2D eigenvalue weighted by Crippen LogP contribution is 2.29. The van der Waals surface area contributed by atoms with E-state index < -0.39 is 0 Å². The summed E-state index contributed by atoms with van der Waals surface area (Å²) < 4.78 is 0. The Labute approximate surface area is 83.5 Å². The molecule has 0 atom stereocenters. The normalized spacial score (nSPS) is 10.0. The van der Waals surface area contributed by atoms with Gasteiger partial charge in [0.1, 0.15) is 5.75 Å². The van der Waals surface area contributed by atoms with Gasteiger partial charge in [-0.05, 0) is 37.1 Å². The van der Waals surface area contributed by atoms with Crippen molar-refractivity contribution in [2.45, 2.75) is 18.7 Å². The highest BCUT2D eigenvalue weighted by Gasteiger charge is 2.03. The van der Waals surface area contributed by atoms with E-state index >= 15 is 0 Å². The van der Waals surface area contributed by atoms with E-state index in [-0.39, 0.29) is 0 Å². The molecule has 0 heterocycles. The number of benzene rings is 1. The van der Waals surface area contributed by atoms with Crippen LogP contribution in [0, 0.1) is 13.8 Å². The van der Waals surface area contributed by atoms with E-state index in [0.29, 0.717) is 5.75 Å². The maximum Gasteiger partial charge on any atom is 0.116 e. The lowest BCUT2D eigenvalue weighted by molar-refractivity contribution is 0.474. The molecule has 1 rings (SSSR count). The van der Waals surface area contributed by atoms with Crippen LogP contribution >= 0.6 is 11.8 Å². The Hall–Kier alpha value is -0.890. The number of aryl methyl sites for hydroxylation is 2. The second kappa shape index (κ2) is 4.38. The van der Waals surface area contributed by atoms with Gasteiger partial charge < -0.3 is 5.11 Å². The maximum absolute atomic E-state index is 9.31. The number of aromatic hydroxyl groups is 1. The fourth-order valence-electron chi connectivity index (χ4n) is 1.30. The average Bonchev–Trinajstić information content (AvgIpc) is 2.02. The molecule has 1 nitrogen and oxygen atoms in total. The fourth-order valence-corrected chi connectivity index (χ4v) is 2.16. The van der Waals surface area contributed by atoms with E-state index in [2.05, 4.69) is 6.58 Å². The van der Waals surface area contributed by atoms with E-state index in [1.165, 1.54) is 4.90 Å². The molecule has 1 aromatic carbocycles. The monoisotopic (exact) mass is 194 g/mol. The third-order valence-corrected chi connectivity index (χ3v) is 3.13. The van der Waals surface area contributed by atoms with Gasteiger partial charge in [-0.15, -0.1) is 18.3 Å². The van der Waals surface area contributed by atoms with Crippen molar-refractivity contribution in [2.24, 2.45) is 0 Å². The van der Waals surface area contributed by atoms with Crippen LogP contribution in [-0.2, 0) is 0 Å². The van der Waals surface area contributed by atoms with Crippen LogP contribution in [0.5, 0.6) is 5.75 Å². The predicted octanol–water partition coefficient (Wildman–Crippen LogP) is 3.29. The molecule has 2 heteroatoms. The van der Waals surface area contributed by atoms with Crippen LogP contribution in [0.3, 0.4) is 0 Å². The summed E-state index contributed by atoms with van der Waals surface area (Å²) in [5.74, 6) is 1.25. The Morgan fingerprint density at radius 3 is 2.38 bits per heavy atom. The Balaban J connectivity index is 2.98. The Bertz CT molecular complexity index is 295. The van der Waals surface area contributed by atoms with Crippen molar-refractivity contribution >= 4 is 11.8 Å². The van der Waals surface area contributed by atoms with Crippen molar-refractivity contribution in [3.05, 3.63) is 35.9 Å². The van der Waals surface area contributed by atoms with E-state index in [4.69, 9.17) is 0 Å². The smallest absolute Gasteiger partial charge is 0.116 e. The van der Waals surface area contributed by atoms with Crippen LogP contribution in [0.1, 0.15) is 11.1 Å². The first kappa shape index (κ1) is 10.2. The molecule has 0 spiro atoms. The van der Waals surface area contributed by atoms with Gasteiger partial charge in [0.15, 0.2) is 0 Å². The Morgan fingerprint density at radius 2 is 1.92 bits per heavy atom. The van der Waals surface area contributed by atoms with Crippen LogP contribution in [0.2, 0.25) is 0 Å². The first-order chi connectivity index (χ1) is 6.15. The lowest BCUT2D eigenvalue weighted by Gasteiger charge is -2.08. The summed E-state index contributed by atoms with van der Waals surface area (Å²) in [6, 6.07) is 3.58. The van der Waals surface area contributed by atoms with Gasteiger partial charge in [-0.1, -0.05) is 6.08 Å². The van der Waals surface area contributed by atoms with Gasteiger partial charge in [0.25, 0.3) is 0 Å². The number of phenols is 1. The summed E-state index contributed by atoms with van der Waals surface area (Å²) in [6.45, 7) is 7.71. The lowest BCUT2D eigenvalue weighted by Crippen LogP contribution is -1.85. The highest BCUT2D eigenvalue weighted by molar-refractivity contribution is 7.99.